The molecule has 0 aromatic heterocycles. The molecule has 1 aromatic rings. The molecule has 0 bridgehead atoms. The molecule has 3 nitrogen and oxygen atoms in total. The molecule has 4 heteroatoms. The van der Waals surface area contributed by atoms with Crippen molar-refractivity contribution in [3.8, 4) is 0 Å². The molecule has 1 N–H and O–H groups in total. The third-order valence-corrected chi connectivity index (χ3v) is 5.34. The molecule has 1 aliphatic carbocycles. The molecule has 0 spiro atoms. The minimum atomic E-state index is -0.274. The molecule has 1 saturated carbocycles. The number of nitrogens with zero attached hydrogens (tertiary/aromatic N) is 1. The number of nitrogens with one attached hydrogen (secondary N) is 1. The number of benzene rings is 1. The summed E-state index contributed by atoms with van der Waals surface area (Å²) in [5.41, 5.74) is 2.20. The number of rotatable bonds is 3. The third-order valence-electron chi connectivity index (χ3n) is 5.34. The average molecular weight is 323 g/mol. The van der Waals surface area contributed by atoms with Gasteiger partial charge in [-0.15, -0.1) is 12.4 Å². The van der Waals surface area contributed by atoms with Crippen LogP contribution in [0.3, 0.4) is 0 Å². The highest BCUT2D eigenvalue weighted by molar-refractivity contribution is 5.89. The fourth-order valence-corrected chi connectivity index (χ4v) is 4.02. The molecular weight excluding hydrogens is 296 g/mol. The average Bonchev–Trinajstić information content (AvgIpc) is 3.17. The first kappa shape index (κ1) is 17.3. The molecular formula is C18H27ClN2O. The third kappa shape index (κ3) is 3.02. The number of aryl methyl sites for hydroxylation is 1. The van der Waals surface area contributed by atoms with Crippen LogP contribution in [-0.2, 0) is 10.2 Å². The normalized spacial score (nSPS) is 23.1. The lowest BCUT2D eigenvalue weighted by molar-refractivity contribution is -0.137. The second-order valence-corrected chi connectivity index (χ2v) is 6.72. The molecule has 1 heterocycles. The van der Waals surface area contributed by atoms with Crippen molar-refractivity contribution < 1.29 is 4.79 Å². The fourth-order valence-electron chi connectivity index (χ4n) is 4.02. The van der Waals surface area contributed by atoms with Gasteiger partial charge in [-0.1, -0.05) is 42.7 Å². The summed E-state index contributed by atoms with van der Waals surface area (Å²) >= 11 is 0. The van der Waals surface area contributed by atoms with E-state index in [1.54, 1.807) is 0 Å². The lowest BCUT2D eigenvalue weighted by Crippen LogP contribution is -2.48. The Hall–Kier alpha value is -1.06. The van der Waals surface area contributed by atoms with Crippen molar-refractivity contribution in [1.82, 2.24) is 10.2 Å². The zero-order valence-electron chi connectivity index (χ0n) is 13.6. The predicted octanol–water partition coefficient (Wildman–Crippen LogP) is 3.05. The van der Waals surface area contributed by atoms with Crippen molar-refractivity contribution in [3.63, 3.8) is 0 Å². The Morgan fingerprint density at radius 2 is 2.05 bits per heavy atom. The molecule has 1 amide bonds. The number of likely N-dealkylation sites (N-methyl/N-ethyl adjacent to an activating group) is 1. The minimum absolute atomic E-state index is 0. The molecule has 22 heavy (non-hydrogen) atoms. The van der Waals surface area contributed by atoms with Crippen LogP contribution in [0.2, 0.25) is 0 Å². The smallest absolute Gasteiger partial charge is 0.233 e. The SMILES string of the molecule is Cc1cccc(C2(C(=O)N(C)C3CCNC3)CCCC2)c1.Cl. The van der Waals surface area contributed by atoms with E-state index in [-0.39, 0.29) is 17.8 Å². The van der Waals surface area contributed by atoms with E-state index in [9.17, 15) is 4.79 Å². The highest BCUT2D eigenvalue weighted by atomic mass is 35.5. The van der Waals surface area contributed by atoms with E-state index in [2.05, 4.69) is 36.5 Å². The predicted molar refractivity (Wildman–Crippen MR) is 92.6 cm³/mol. The topological polar surface area (TPSA) is 32.3 Å². The Balaban J connectivity index is 0.00000176. The lowest BCUT2D eigenvalue weighted by atomic mass is 9.77. The van der Waals surface area contributed by atoms with Crippen LogP contribution in [0.1, 0.15) is 43.2 Å². The van der Waals surface area contributed by atoms with E-state index in [1.807, 2.05) is 11.9 Å². The Bertz CT molecular complexity index is 520. The highest BCUT2D eigenvalue weighted by Gasteiger charge is 2.45. The van der Waals surface area contributed by atoms with Gasteiger partial charge < -0.3 is 10.2 Å². The molecule has 0 radical (unpaired) electrons. The Morgan fingerprint density at radius 3 is 2.64 bits per heavy atom. The zero-order valence-corrected chi connectivity index (χ0v) is 14.4. The van der Waals surface area contributed by atoms with Gasteiger partial charge in [-0.2, -0.15) is 0 Å². The second-order valence-electron chi connectivity index (χ2n) is 6.72. The van der Waals surface area contributed by atoms with Crippen LogP contribution < -0.4 is 5.32 Å². The van der Waals surface area contributed by atoms with Gasteiger partial charge in [-0.3, -0.25) is 4.79 Å². The molecule has 2 fully saturated rings. The number of halogens is 1. The number of carbonyl (C=O) groups excluding carboxylic acids is 1. The number of hydrogen-bond donors (Lipinski definition) is 1. The minimum Gasteiger partial charge on any atom is -0.341 e. The van der Waals surface area contributed by atoms with Gasteiger partial charge >= 0.3 is 0 Å². The first-order valence-electron chi connectivity index (χ1n) is 8.19. The van der Waals surface area contributed by atoms with Crippen LogP contribution >= 0.6 is 12.4 Å². The van der Waals surface area contributed by atoms with E-state index < -0.39 is 0 Å². The maximum Gasteiger partial charge on any atom is 0.233 e. The summed E-state index contributed by atoms with van der Waals surface area (Å²) in [6.07, 6.45) is 5.40. The maximum atomic E-state index is 13.3. The fraction of sp³-hybridized carbons (Fsp3) is 0.611. The molecule has 1 unspecified atom stereocenters. The van der Waals surface area contributed by atoms with Gasteiger partial charge in [0.15, 0.2) is 0 Å². The maximum absolute atomic E-state index is 13.3. The van der Waals surface area contributed by atoms with Gasteiger partial charge in [0.1, 0.15) is 0 Å². The van der Waals surface area contributed by atoms with Crippen molar-refractivity contribution in [3.05, 3.63) is 35.4 Å². The standard InChI is InChI=1S/C18H26N2O.ClH/c1-14-6-5-7-15(12-14)18(9-3-4-10-18)17(21)20(2)16-8-11-19-13-16;/h5-7,12,16,19H,3-4,8-11,13H2,1-2H3;1H. The summed E-state index contributed by atoms with van der Waals surface area (Å²) in [7, 11) is 2.00. The first-order valence-corrected chi connectivity index (χ1v) is 8.19. The summed E-state index contributed by atoms with van der Waals surface area (Å²) in [6.45, 7) is 4.08. The van der Waals surface area contributed by atoms with Crippen molar-refractivity contribution in [2.45, 2.75) is 50.5 Å². The lowest BCUT2D eigenvalue weighted by Gasteiger charge is -2.36. The van der Waals surface area contributed by atoms with E-state index in [4.69, 9.17) is 0 Å². The number of hydrogen-bond acceptors (Lipinski definition) is 2. The molecule has 122 valence electrons. The Labute approximate surface area is 139 Å². The van der Waals surface area contributed by atoms with Crippen molar-refractivity contribution in [2.24, 2.45) is 0 Å². The van der Waals surface area contributed by atoms with E-state index in [1.165, 1.54) is 11.1 Å². The summed E-state index contributed by atoms with van der Waals surface area (Å²) in [4.78, 5) is 15.3. The summed E-state index contributed by atoms with van der Waals surface area (Å²) in [5.74, 6) is 0.333. The van der Waals surface area contributed by atoms with E-state index >= 15 is 0 Å². The quantitative estimate of drug-likeness (QED) is 0.927. The van der Waals surface area contributed by atoms with Crippen LogP contribution in [0, 0.1) is 6.92 Å². The van der Waals surface area contributed by atoms with Crippen molar-refractivity contribution in [1.29, 1.82) is 0 Å². The number of carbonyl (C=O) groups is 1. The Kier molecular flexibility index (Phi) is 5.51. The van der Waals surface area contributed by atoms with Crippen LogP contribution in [0.25, 0.3) is 0 Å². The molecule has 1 saturated heterocycles. The van der Waals surface area contributed by atoms with Gasteiger partial charge in [0, 0.05) is 19.6 Å². The van der Waals surface area contributed by atoms with Gasteiger partial charge in [0.2, 0.25) is 5.91 Å². The summed E-state index contributed by atoms with van der Waals surface area (Å²) in [5, 5.41) is 3.37. The first-order chi connectivity index (χ1) is 10.1. The molecule has 1 atom stereocenters. The Morgan fingerprint density at radius 1 is 1.32 bits per heavy atom. The second kappa shape index (κ2) is 7.01. The summed E-state index contributed by atoms with van der Waals surface area (Å²) < 4.78 is 0. The van der Waals surface area contributed by atoms with Crippen LogP contribution in [0.5, 0.6) is 0 Å². The van der Waals surface area contributed by atoms with Gasteiger partial charge in [-0.25, -0.2) is 0 Å². The van der Waals surface area contributed by atoms with Gasteiger partial charge in [0.05, 0.1) is 5.41 Å². The number of amides is 1. The van der Waals surface area contributed by atoms with Crippen LogP contribution in [0.15, 0.2) is 24.3 Å². The molecule has 1 aliphatic heterocycles. The molecule has 1 aromatic carbocycles. The largest absolute Gasteiger partial charge is 0.341 e. The van der Waals surface area contributed by atoms with E-state index in [0.29, 0.717) is 11.9 Å². The van der Waals surface area contributed by atoms with Crippen LogP contribution in [0.4, 0.5) is 0 Å². The highest BCUT2D eigenvalue weighted by Crippen LogP contribution is 2.43. The van der Waals surface area contributed by atoms with Gasteiger partial charge in [-0.05, 0) is 38.3 Å². The van der Waals surface area contributed by atoms with Crippen LogP contribution in [-0.4, -0.2) is 37.0 Å². The zero-order chi connectivity index (χ0) is 14.9. The molecule has 3 rings (SSSR count). The molecule has 2 aliphatic rings. The van der Waals surface area contributed by atoms with Gasteiger partial charge in [0.25, 0.3) is 0 Å². The van der Waals surface area contributed by atoms with E-state index in [0.717, 1.165) is 45.2 Å². The monoisotopic (exact) mass is 322 g/mol. The van der Waals surface area contributed by atoms with Crippen molar-refractivity contribution >= 4 is 18.3 Å². The summed E-state index contributed by atoms with van der Waals surface area (Å²) in [6, 6.07) is 8.93. The van der Waals surface area contributed by atoms with Crippen molar-refractivity contribution in [2.75, 3.05) is 20.1 Å².